The van der Waals surface area contributed by atoms with E-state index >= 15 is 0 Å². The molecule has 0 radical (unpaired) electrons. The van der Waals surface area contributed by atoms with Gasteiger partial charge in [-0.05, 0) is 82.2 Å². The Morgan fingerprint density at radius 1 is 0.638 bits per heavy atom. The summed E-state index contributed by atoms with van der Waals surface area (Å²) in [5.41, 5.74) is 10.7. The molecular weight excluding hydrogens is 758 g/mol. The summed E-state index contributed by atoms with van der Waals surface area (Å²) in [7, 11) is 0. The summed E-state index contributed by atoms with van der Waals surface area (Å²) in [6.07, 6.45) is 11.1. The molecule has 47 heavy (non-hydrogen) atoms. The topological polar surface area (TPSA) is 66.9 Å². The molecule has 2 aromatic carbocycles. The van der Waals surface area contributed by atoms with Crippen LogP contribution in [0.2, 0.25) is 0 Å². The molecule has 240 valence electrons. The largest absolute Gasteiger partial charge is 2.00 e. The molecule has 6 heteroatoms. The Hall–Kier alpha value is -3.56. The summed E-state index contributed by atoms with van der Waals surface area (Å²) >= 11 is 0. The first-order chi connectivity index (χ1) is 22.0. The van der Waals surface area contributed by atoms with Gasteiger partial charge < -0.3 is 15.2 Å². The fraction of sp³-hybridized carbons (Fsp3) is 0.390. The number of pyridine rings is 2. The molecule has 4 aliphatic carbocycles. The summed E-state index contributed by atoms with van der Waals surface area (Å²) in [4.78, 5) is 14.2. The van der Waals surface area contributed by atoms with Gasteiger partial charge in [0.25, 0.3) is 0 Å². The van der Waals surface area contributed by atoms with Gasteiger partial charge >= 0.3 is 21.1 Å². The van der Waals surface area contributed by atoms with Crippen LogP contribution in [0.3, 0.4) is 0 Å². The van der Waals surface area contributed by atoms with Crippen molar-refractivity contribution in [2.45, 2.75) is 89.9 Å². The van der Waals surface area contributed by atoms with Crippen molar-refractivity contribution < 1.29 is 21.1 Å². The minimum absolute atomic E-state index is 0. The fourth-order valence-electron chi connectivity index (χ4n) is 9.98. The minimum atomic E-state index is 0. The molecule has 2 saturated carbocycles. The van der Waals surface area contributed by atoms with Crippen molar-refractivity contribution in [1.82, 2.24) is 25.1 Å². The maximum absolute atomic E-state index is 4.80. The van der Waals surface area contributed by atoms with Crippen LogP contribution in [0.4, 0.5) is 0 Å². The standard InChI is InChI=1S/C21H21N2.C20H20N3.Pt/c1-20(2)15-8-9-21(20,3)16-12-23-19(18(15)16)17-10-13-6-4-5-7-14(13)11-22-17;1-19(2)14-8-9-20(19,3)18-16(14)17(22-23-18)15-10-12-6-4-5-7-13(12)11-21-15;/h4-7,10-12,15H,8-9H2,1-3H3;4-7,10-11,14H,8-9H2,1-3H3;/q2*-1;+2. The predicted molar refractivity (Wildman–Crippen MR) is 185 cm³/mol. The maximum atomic E-state index is 4.80. The van der Waals surface area contributed by atoms with Gasteiger partial charge in [-0.1, -0.05) is 107 Å². The summed E-state index contributed by atoms with van der Waals surface area (Å²) in [6.45, 7) is 14.4. The molecule has 4 bridgehead atoms. The second-order valence-electron chi connectivity index (χ2n) is 15.9. The van der Waals surface area contributed by atoms with E-state index in [-0.39, 0.29) is 37.3 Å². The molecule has 0 aliphatic heterocycles. The van der Waals surface area contributed by atoms with Crippen molar-refractivity contribution in [2.75, 3.05) is 0 Å². The number of hydrogen-bond acceptors (Lipinski definition) is 3. The summed E-state index contributed by atoms with van der Waals surface area (Å²) < 4.78 is 0. The molecule has 0 saturated heterocycles. The van der Waals surface area contributed by atoms with Gasteiger partial charge in [0, 0.05) is 40.0 Å². The Kier molecular flexibility index (Phi) is 6.69. The zero-order valence-corrected chi connectivity index (χ0v) is 30.3. The monoisotopic (exact) mass is 798 g/mol. The number of aromatic nitrogens is 5. The Balaban J connectivity index is 0.000000135. The molecule has 4 atom stereocenters. The molecule has 0 amide bonds. The van der Waals surface area contributed by atoms with Gasteiger partial charge in [0.15, 0.2) is 0 Å². The van der Waals surface area contributed by atoms with Gasteiger partial charge in [0.05, 0.1) is 5.69 Å². The Bertz CT molecular complexity index is 2030. The number of benzene rings is 2. The van der Waals surface area contributed by atoms with Gasteiger partial charge in [-0.3, -0.25) is 9.97 Å². The molecular formula is C41H41N5Pt. The third kappa shape index (κ3) is 3.96. The zero-order valence-electron chi connectivity index (χ0n) is 28.0. The molecule has 4 heterocycles. The summed E-state index contributed by atoms with van der Waals surface area (Å²) in [6, 6.07) is 21.1. The molecule has 5 nitrogen and oxygen atoms in total. The van der Waals surface area contributed by atoms with E-state index < -0.39 is 0 Å². The van der Waals surface area contributed by atoms with E-state index in [0.29, 0.717) is 17.3 Å². The smallest absolute Gasteiger partial charge is 0.662 e. The van der Waals surface area contributed by atoms with Gasteiger partial charge in [0.2, 0.25) is 0 Å². The van der Waals surface area contributed by atoms with E-state index in [0.717, 1.165) is 22.8 Å². The van der Waals surface area contributed by atoms with Crippen molar-refractivity contribution in [3.05, 3.63) is 102 Å². The summed E-state index contributed by atoms with van der Waals surface area (Å²) in [5.74, 6) is 1.18. The van der Waals surface area contributed by atoms with Crippen molar-refractivity contribution in [3.63, 3.8) is 0 Å². The minimum Gasteiger partial charge on any atom is -0.662 e. The maximum Gasteiger partial charge on any atom is 2.00 e. The Morgan fingerprint density at radius 2 is 1.15 bits per heavy atom. The molecule has 0 spiro atoms. The first-order valence-electron chi connectivity index (χ1n) is 16.9. The van der Waals surface area contributed by atoms with Crippen LogP contribution in [0, 0.1) is 10.8 Å². The van der Waals surface area contributed by atoms with E-state index in [1.165, 1.54) is 69.6 Å². The van der Waals surface area contributed by atoms with Gasteiger partial charge in [-0.2, -0.15) is 6.20 Å². The molecule has 10 rings (SSSR count). The summed E-state index contributed by atoms with van der Waals surface area (Å²) in [5, 5.41) is 14.0. The van der Waals surface area contributed by atoms with Crippen LogP contribution in [0.1, 0.15) is 101 Å². The predicted octanol–water partition coefficient (Wildman–Crippen LogP) is 9.46. The first kappa shape index (κ1) is 30.8. The van der Waals surface area contributed by atoms with Crippen LogP contribution >= 0.6 is 0 Å². The van der Waals surface area contributed by atoms with Crippen LogP contribution < -0.4 is 10.1 Å². The van der Waals surface area contributed by atoms with Crippen molar-refractivity contribution >= 4 is 21.5 Å². The second-order valence-corrected chi connectivity index (χ2v) is 15.9. The molecule has 0 N–H and O–H groups in total. The van der Waals surface area contributed by atoms with Crippen molar-refractivity contribution in [2.24, 2.45) is 10.8 Å². The van der Waals surface area contributed by atoms with Crippen LogP contribution in [0.25, 0.3) is 44.3 Å². The van der Waals surface area contributed by atoms with Gasteiger partial charge in [-0.15, -0.1) is 5.69 Å². The van der Waals surface area contributed by atoms with Crippen LogP contribution in [-0.2, 0) is 31.9 Å². The Labute approximate surface area is 291 Å². The quantitative estimate of drug-likeness (QED) is 0.175. The van der Waals surface area contributed by atoms with E-state index in [2.05, 4.69) is 118 Å². The van der Waals surface area contributed by atoms with Crippen LogP contribution in [0.15, 0.2) is 79.3 Å². The van der Waals surface area contributed by atoms with Gasteiger partial charge in [0.1, 0.15) is 0 Å². The normalized spacial score (nSPS) is 26.9. The number of fused-ring (bicyclic) bond motifs is 12. The second kappa shape index (κ2) is 10.2. The van der Waals surface area contributed by atoms with Crippen LogP contribution in [0.5, 0.6) is 0 Å². The van der Waals surface area contributed by atoms with E-state index in [4.69, 9.17) is 9.97 Å². The third-order valence-corrected chi connectivity index (χ3v) is 13.6. The molecule has 2 fully saturated rings. The molecule has 6 aromatic rings. The van der Waals surface area contributed by atoms with Gasteiger partial charge in [-0.25, -0.2) is 0 Å². The van der Waals surface area contributed by atoms with E-state index in [9.17, 15) is 0 Å². The molecule has 4 aliphatic rings. The number of hydrogen-bond donors (Lipinski definition) is 0. The van der Waals surface area contributed by atoms with Crippen molar-refractivity contribution in [3.8, 4) is 22.8 Å². The zero-order chi connectivity index (χ0) is 31.6. The SMILES string of the molecule is CC12CCC(c3c1c[n-]c3-c1cc3ccccc3cn1)C2(C)C.CC12CCC(c3c1n[n-]c3-c1cc3ccccc3cn1)C2(C)C.[Pt+2]. The van der Waals surface area contributed by atoms with Crippen molar-refractivity contribution in [1.29, 1.82) is 0 Å². The molecule has 4 aromatic heterocycles. The average molecular weight is 799 g/mol. The number of nitrogens with zero attached hydrogens (tertiary/aromatic N) is 5. The number of rotatable bonds is 2. The molecule has 4 unspecified atom stereocenters. The van der Waals surface area contributed by atoms with E-state index in [1.807, 2.05) is 18.5 Å². The third-order valence-electron chi connectivity index (χ3n) is 13.6. The fourth-order valence-corrected chi connectivity index (χ4v) is 9.98. The first-order valence-corrected chi connectivity index (χ1v) is 16.9. The Morgan fingerprint density at radius 3 is 1.77 bits per heavy atom. The van der Waals surface area contributed by atoms with Crippen LogP contribution in [-0.4, -0.2) is 15.1 Å². The van der Waals surface area contributed by atoms with E-state index in [1.54, 1.807) is 0 Å². The average Bonchev–Trinajstić information content (AvgIpc) is 3.85.